The Balaban J connectivity index is 1.77. The molecule has 1 aliphatic rings. The number of hydrogen-bond donors (Lipinski definition) is 2. The molecule has 23 heavy (non-hydrogen) atoms. The van der Waals surface area contributed by atoms with Gasteiger partial charge in [-0.2, -0.15) is 5.10 Å². The number of piperidine rings is 1. The summed E-state index contributed by atoms with van der Waals surface area (Å²) >= 11 is 5.13. The summed E-state index contributed by atoms with van der Waals surface area (Å²) in [6.45, 7) is 3.32. The smallest absolute Gasteiger partial charge is 0.409 e. The lowest BCUT2D eigenvalue weighted by molar-refractivity contribution is 0.107. The van der Waals surface area contributed by atoms with Gasteiger partial charge in [0.15, 0.2) is 5.11 Å². The Hall–Kier alpha value is -2.22. The molecule has 0 saturated carbocycles. The summed E-state index contributed by atoms with van der Waals surface area (Å²) in [7, 11) is 0. The van der Waals surface area contributed by atoms with Crippen LogP contribution in [0.1, 0.15) is 19.8 Å². The lowest BCUT2D eigenvalue weighted by atomic mass is 10.1. The van der Waals surface area contributed by atoms with Crippen LogP contribution in [-0.4, -0.2) is 41.5 Å². The number of hydrogen-bond acceptors (Lipinski definition) is 4. The first-order valence-electron chi connectivity index (χ1n) is 7.38. The number of amides is 1. The zero-order valence-corrected chi connectivity index (χ0v) is 13.7. The van der Waals surface area contributed by atoms with E-state index in [2.05, 4.69) is 15.8 Å². The summed E-state index contributed by atoms with van der Waals surface area (Å²) in [5.41, 5.74) is 4.38. The van der Waals surface area contributed by atoms with Gasteiger partial charge in [0.1, 0.15) is 5.82 Å². The van der Waals surface area contributed by atoms with Crippen LogP contribution in [0.25, 0.3) is 0 Å². The number of rotatable bonds is 3. The molecule has 2 rings (SSSR count). The van der Waals surface area contributed by atoms with Crippen LogP contribution in [0.2, 0.25) is 0 Å². The Labute approximate surface area is 139 Å². The third-order valence-electron chi connectivity index (χ3n) is 3.28. The van der Waals surface area contributed by atoms with Gasteiger partial charge in [-0.25, -0.2) is 9.18 Å². The number of carbonyl (C=O) groups excluding carboxylic acids is 1. The van der Waals surface area contributed by atoms with Crippen molar-refractivity contribution in [2.24, 2.45) is 5.10 Å². The number of benzene rings is 1. The van der Waals surface area contributed by atoms with Crippen molar-refractivity contribution in [3.05, 3.63) is 30.1 Å². The summed E-state index contributed by atoms with van der Waals surface area (Å²) < 4.78 is 17.8. The minimum atomic E-state index is -0.303. The van der Waals surface area contributed by atoms with Crippen molar-refractivity contribution in [3.8, 4) is 0 Å². The number of carbonyl (C=O) groups is 1. The Morgan fingerprint density at radius 1 is 1.35 bits per heavy atom. The van der Waals surface area contributed by atoms with Crippen LogP contribution >= 0.6 is 12.2 Å². The molecule has 1 aromatic rings. The largest absolute Gasteiger partial charge is 0.450 e. The van der Waals surface area contributed by atoms with E-state index in [1.807, 2.05) is 0 Å². The average molecular weight is 338 g/mol. The summed E-state index contributed by atoms with van der Waals surface area (Å²) in [5.74, 6) is -0.303. The van der Waals surface area contributed by atoms with Gasteiger partial charge < -0.3 is 15.0 Å². The fourth-order valence-electron chi connectivity index (χ4n) is 2.10. The number of hydrazone groups is 1. The molecule has 124 valence electrons. The average Bonchev–Trinajstić information content (AvgIpc) is 2.56. The Bertz CT molecular complexity index is 582. The molecular formula is C15H19FN4O2S. The van der Waals surface area contributed by atoms with Crippen molar-refractivity contribution in [1.82, 2.24) is 10.3 Å². The van der Waals surface area contributed by atoms with Gasteiger partial charge in [-0.05, 0) is 43.4 Å². The van der Waals surface area contributed by atoms with E-state index in [1.165, 1.54) is 12.1 Å². The first kappa shape index (κ1) is 17.1. The zero-order chi connectivity index (χ0) is 16.7. The van der Waals surface area contributed by atoms with Crippen molar-refractivity contribution >= 4 is 34.8 Å². The molecule has 0 radical (unpaired) electrons. The molecule has 0 atom stereocenters. The van der Waals surface area contributed by atoms with E-state index < -0.39 is 0 Å². The summed E-state index contributed by atoms with van der Waals surface area (Å²) in [4.78, 5) is 13.3. The summed E-state index contributed by atoms with van der Waals surface area (Å²) in [5, 5.41) is 7.49. The van der Waals surface area contributed by atoms with Crippen LogP contribution in [0.15, 0.2) is 29.4 Å². The number of thiocarbonyl (C=S) groups is 1. The van der Waals surface area contributed by atoms with Crippen molar-refractivity contribution in [2.45, 2.75) is 19.8 Å². The number of ether oxygens (including phenoxy) is 1. The second-order valence-corrected chi connectivity index (χ2v) is 5.35. The first-order chi connectivity index (χ1) is 11.1. The number of anilines is 1. The van der Waals surface area contributed by atoms with Gasteiger partial charge in [-0.15, -0.1) is 0 Å². The summed E-state index contributed by atoms with van der Waals surface area (Å²) in [6, 6.07) is 5.88. The molecular weight excluding hydrogens is 319 g/mol. The van der Waals surface area contributed by atoms with E-state index in [0.717, 1.165) is 5.71 Å². The quantitative estimate of drug-likeness (QED) is 0.655. The highest BCUT2D eigenvalue weighted by Crippen LogP contribution is 2.10. The number of halogens is 1. The van der Waals surface area contributed by atoms with Crippen molar-refractivity contribution < 1.29 is 13.9 Å². The predicted octanol–water partition coefficient (Wildman–Crippen LogP) is 2.72. The van der Waals surface area contributed by atoms with Crippen molar-refractivity contribution in [1.29, 1.82) is 0 Å². The number of nitrogens with one attached hydrogen (secondary N) is 2. The van der Waals surface area contributed by atoms with Gasteiger partial charge in [-0.1, -0.05) is 0 Å². The molecule has 6 nitrogen and oxygen atoms in total. The van der Waals surface area contributed by atoms with Gasteiger partial charge >= 0.3 is 6.09 Å². The fourth-order valence-corrected chi connectivity index (χ4v) is 2.26. The molecule has 1 aromatic carbocycles. The molecule has 0 bridgehead atoms. The second-order valence-electron chi connectivity index (χ2n) is 4.94. The third-order valence-corrected chi connectivity index (χ3v) is 3.48. The molecule has 1 saturated heterocycles. The topological polar surface area (TPSA) is 66.0 Å². The molecule has 8 heteroatoms. The van der Waals surface area contributed by atoms with E-state index in [4.69, 9.17) is 17.0 Å². The highest BCUT2D eigenvalue weighted by molar-refractivity contribution is 7.80. The molecule has 1 fully saturated rings. The second kappa shape index (κ2) is 8.42. The molecule has 0 aromatic heterocycles. The monoisotopic (exact) mass is 338 g/mol. The highest BCUT2D eigenvalue weighted by atomic mass is 32.1. The Morgan fingerprint density at radius 2 is 2.00 bits per heavy atom. The van der Waals surface area contributed by atoms with Crippen molar-refractivity contribution in [3.63, 3.8) is 0 Å². The van der Waals surface area contributed by atoms with Crippen LogP contribution in [0.3, 0.4) is 0 Å². The van der Waals surface area contributed by atoms with Crippen LogP contribution in [0, 0.1) is 5.82 Å². The van der Waals surface area contributed by atoms with Gasteiger partial charge in [0, 0.05) is 37.3 Å². The molecule has 2 N–H and O–H groups in total. The maximum Gasteiger partial charge on any atom is 0.409 e. The number of nitrogens with zero attached hydrogens (tertiary/aromatic N) is 2. The Morgan fingerprint density at radius 3 is 2.61 bits per heavy atom. The molecule has 1 amide bonds. The molecule has 0 unspecified atom stereocenters. The first-order valence-corrected chi connectivity index (χ1v) is 7.79. The van der Waals surface area contributed by atoms with E-state index in [9.17, 15) is 9.18 Å². The normalized spacial score (nSPS) is 14.2. The predicted molar refractivity (Wildman–Crippen MR) is 91.0 cm³/mol. The van der Waals surface area contributed by atoms with E-state index in [-0.39, 0.29) is 11.9 Å². The van der Waals surface area contributed by atoms with Crippen LogP contribution in [0.5, 0.6) is 0 Å². The maximum atomic E-state index is 12.8. The molecule has 0 aliphatic carbocycles. The van der Waals surface area contributed by atoms with Gasteiger partial charge in [0.25, 0.3) is 0 Å². The SMILES string of the molecule is CCOC(=O)N1CCC(=NNC(=S)Nc2ccc(F)cc2)CC1. The molecule has 0 spiro atoms. The van der Waals surface area contributed by atoms with Crippen LogP contribution in [0.4, 0.5) is 14.9 Å². The van der Waals surface area contributed by atoms with Gasteiger partial charge in [0.05, 0.1) is 6.61 Å². The van der Waals surface area contributed by atoms with E-state index in [1.54, 1.807) is 24.0 Å². The third kappa shape index (κ3) is 5.48. The highest BCUT2D eigenvalue weighted by Gasteiger charge is 2.20. The van der Waals surface area contributed by atoms with Crippen molar-refractivity contribution in [2.75, 3.05) is 25.0 Å². The van der Waals surface area contributed by atoms with Gasteiger partial charge in [-0.3, -0.25) is 5.43 Å². The minimum absolute atomic E-state index is 0.284. The van der Waals surface area contributed by atoms with Crippen LogP contribution in [-0.2, 0) is 4.74 Å². The lowest BCUT2D eigenvalue weighted by Crippen LogP contribution is -2.39. The zero-order valence-electron chi connectivity index (χ0n) is 12.8. The Kier molecular flexibility index (Phi) is 6.28. The van der Waals surface area contributed by atoms with Gasteiger partial charge in [0.2, 0.25) is 0 Å². The van der Waals surface area contributed by atoms with Crippen LogP contribution < -0.4 is 10.7 Å². The fraction of sp³-hybridized carbons (Fsp3) is 0.400. The number of likely N-dealkylation sites (tertiary alicyclic amines) is 1. The molecule has 1 aliphatic heterocycles. The van der Waals surface area contributed by atoms with E-state index >= 15 is 0 Å². The maximum absolute atomic E-state index is 12.8. The lowest BCUT2D eigenvalue weighted by Gasteiger charge is -2.26. The standard InChI is InChI=1S/C15H19FN4O2S/c1-2-22-15(21)20-9-7-13(8-10-20)18-19-14(23)17-12-5-3-11(16)4-6-12/h3-6H,2,7-10H2,1H3,(H2,17,19,23). The van der Waals surface area contributed by atoms with E-state index in [0.29, 0.717) is 43.3 Å². The minimum Gasteiger partial charge on any atom is -0.450 e. The summed E-state index contributed by atoms with van der Waals surface area (Å²) in [6.07, 6.45) is 1.06. The molecule has 1 heterocycles.